The average Bonchev–Trinajstić information content (AvgIpc) is 3.50. The molecule has 184 valence electrons. The molecular formula is C27H27N5O4. The lowest BCUT2D eigenvalue weighted by Crippen LogP contribution is -2.14. The van der Waals surface area contributed by atoms with E-state index in [9.17, 15) is 9.59 Å². The van der Waals surface area contributed by atoms with Gasteiger partial charge in [0.25, 0.3) is 0 Å². The quantitative estimate of drug-likeness (QED) is 0.378. The van der Waals surface area contributed by atoms with Gasteiger partial charge in [-0.3, -0.25) is 14.2 Å². The second-order valence-corrected chi connectivity index (χ2v) is 8.87. The van der Waals surface area contributed by atoms with Crippen LogP contribution in [0.25, 0.3) is 16.9 Å². The van der Waals surface area contributed by atoms with Crippen LogP contribution in [0, 0.1) is 5.92 Å². The lowest BCUT2D eigenvalue weighted by Gasteiger charge is -2.14. The standard InChI is InChI=1S/C27H27N5O4/c1-18(33)31-26-25-27(29-16-28-26)32(17-30-25)22-10-20(13-35-15-21-8-5-9-24(21)34)11-23(12-22)36-14-19-6-3-2-4-7-19/h2-4,6-7,10-12,16-17,21H,5,8-9,13-15H2,1H3,(H,28,29,31,33)/t21-/m1/s1. The molecule has 1 aliphatic carbocycles. The van der Waals surface area contributed by atoms with Crippen molar-refractivity contribution in [3.63, 3.8) is 0 Å². The minimum absolute atomic E-state index is 0.0107. The monoisotopic (exact) mass is 485 g/mol. The summed E-state index contributed by atoms with van der Waals surface area (Å²) in [7, 11) is 0. The van der Waals surface area contributed by atoms with Crippen molar-refractivity contribution in [2.24, 2.45) is 5.92 Å². The number of carbonyl (C=O) groups excluding carboxylic acids is 2. The molecule has 1 N–H and O–H groups in total. The number of amides is 1. The molecule has 4 aromatic rings. The first-order valence-corrected chi connectivity index (χ1v) is 11.9. The summed E-state index contributed by atoms with van der Waals surface area (Å²) in [5, 5.41) is 2.69. The minimum Gasteiger partial charge on any atom is -0.489 e. The van der Waals surface area contributed by atoms with Gasteiger partial charge in [0.2, 0.25) is 5.91 Å². The normalized spacial score (nSPS) is 15.4. The van der Waals surface area contributed by atoms with Gasteiger partial charge < -0.3 is 14.8 Å². The molecule has 0 aliphatic heterocycles. The number of ketones is 1. The van der Waals surface area contributed by atoms with Gasteiger partial charge >= 0.3 is 0 Å². The van der Waals surface area contributed by atoms with Crippen LogP contribution in [0.15, 0.2) is 61.2 Å². The Morgan fingerprint density at radius 2 is 1.94 bits per heavy atom. The van der Waals surface area contributed by atoms with E-state index >= 15 is 0 Å². The molecule has 0 spiro atoms. The first kappa shape index (κ1) is 23.6. The van der Waals surface area contributed by atoms with E-state index in [0.29, 0.717) is 49.0 Å². The Morgan fingerprint density at radius 1 is 1.08 bits per heavy atom. The molecule has 2 heterocycles. The number of ether oxygens (including phenoxy) is 2. The van der Waals surface area contributed by atoms with Crippen molar-refractivity contribution in [1.29, 1.82) is 0 Å². The summed E-state index contributed by atoms with van der Waals surface area (Å²) in [6, 6.07) is 15.8. The van der Waals surface area contributed by atoms with Crippen molar-refractivity contribution >= 4 is 28.7 Å². The number of Topliss-reactive ketones (excluding diaryl/α,β-unsaturated/α-hetero) is 1. The SMILES string of the molecule is CC(=O)Nc1ncnc2c1ncn2-c1cc(COC[C@H]2CCCC2=O)cc(OCc2ccccc2)c1. The molecule has 0 unspecified atom stereocenters. The molecule has 9 nitrogen and oxygen atoms in total. The summed E-state index contributed by atoms with van der Waals surface area (Å²) in [5.41, 5.74) is 3.78. The number of nitrogens with one attached hydrogen (secondary N) is 1. The maximum absolute atomic E-state index is 12.0. The summed E-state index contributed by atoms with van der Waals surface area (Å²) >= 11 is 0. The molecule has 1 atom stereocenters. The Morgan fingerprint density at radius 3 is 2.72 bits per heavy atom. The van der Waals surface area contributed by atoms with Gasteiger partial charge in [0.1, 0.15) is 30.8 Å². The van der Waals surface area contributed by atoms with Crippen LogP contribution >= 0.6 is 0 Å². The fourth-order valence-electron chi connectivity index (χ4n) is 4.36. The third-order valence-corrected chi connectivity index (χ3v) is 6.12. The first-order chi connectivity index (χ1) is 17.6. The number of carbonyl (C=O) groups is 2. The fourth-order valence-corrected chi connectivity index (χ4v) is 4.36. The Bertz CT molecular complexity index is 1390. The van der Waals surface area contributed by atoms with Gasteiger partial charge in [-0.05, 0) is 36.1 Å². The zero-order chi connectivity index (χ0) is 24.9. The number of benzene rings is 2. The minimum atomic E-state index is -0.235. The van der Waals surface area contributed by atoms with E-state index in [1.54, 1.807) is 6.33 Å². The Hall–Kier alpha value is -4.11. The molecule has 1 amide bonds. The number of rotatable bonds is 9. The van der Waals surface area contributed by atoms with E-state index < -0.39 is 0 Å². The molecule has 0 saturated heterocycles. The van der Waals surface area contributed by atoms with Gasteiger partial charge in [-0.25, -0.2) is 15.0 Å². The van der Waals surface area contributed by atoms with Crippen molar-refractivity contribution in [2.75, 3.05) is 11.9 Å². The number of anilines is 1. The predicted molar refractivity (Wildman–Crippen MR) is 134 cm³/mol. The van der Waals surface area contributed by atoms with Gasteiger partial charge in [-0.1, -0.05) is 30.3 Å². The van der Waals surface area contributed by atoms with Crippen LogP contribution in [-0.4, -0.2) is 37.8 Å². The maximum Gasteiger partial charge on any atom is 0.222 e. The molecule has 1 saturated carbocycles. The lowest BCUT2D eigenvalue weighted by molar-refractivity contribution is -0.122. The summed E-state index contributed by atoms with van der Waals surface area (Å²) in [6.45, 7) is 2.60. The van der Waals surface area contributed by atoms with Gasteiger partial charge in [0.05, 0.1) is 18.9 Å². The zero-order valence-electron chi connectivity index (χ0n) is 20.0. The molecule has 2 aromatic heterocycles. The largest absolute Gasteiger partial charge is 0.489 e. The highest BCUT2D eigenvalue weighted by atomic mass is 16.5. The van der Waals surface area contributed by atoms with Crippen LogP contribution in [0.1, 0.15) is 37.3 Å². The average molecular weight is 486 g/mol. The Kier molecular flexibility index (Phi) is 6.99. The predicted octanol–water partition coefficient (Wildman–Crippen LogP) is 4.24. The molecule has 0 bridgehead atoms. The van der Waals surface area contributed by atoms with E-state index in [0.717, 1.165) is 29.7 Å². The third-order valence-electron chi connectivity index (χ3n) is 6.12. The number of aromatic nitrogens is 4. The second kappa shape index (κ2) is 10.7. The number of fused-ring (bicyclic) bond motifs is 1. The molecule has 0 radical (unpaired) electrons. The van der Waals surface area contributed by atoms with Crippen molar-refractivity contribution in [3.8, 4) is 11.4 Å². The van der Waals surface area contributed by atoms with Gasteiger partial charge in [-0.2, -0.15) is 0 Å². The van der Waals surface area contributed by atoms with Crippen LogP contribution in [0.5, 0.6) is 5.75 Å². The molecule has 1 aliphatic rings. The molecule has 2 aromatic carbocycles. The van der Waals surface area contributed by atoms with E-state index in [2.05, 4.69) is 20.3 Å². The van der Waals surface area contributed by atoms with Crippen LogP contribution in [0.2, 0.25) is 0 Å². The number of hydrogen-bond donors (Lipinski definition) is 1. The van der Waals surface area contributed by atoms with E-state index in [4.69, 9.17) is 9.47 Å². The zero-order valence-corrected chi connectivity index (χ0v) is 20.0. The van der Waals surface area contributed by atoms with Crippen molar-refractivity contribution in [3.05, 3.63) is 72.3 Å². The summed E-state index contributed by atoms with van der Waals surface area (Å²) < 4.78 is 13.9. The highest BCUT2D eigenvalue weighted by Crippen LogP contribution is 2.27. The summed E-state index contributed by atoms with van der Waals surface area (Å²) in [4.78, 5) is 36.5. The van der Waals surface area contributed by atoms with E-state index in [1.807, 2.05) is 53.1 Å². The van der Waals surface area contributed by atoms with Crippen LogP contribution < -0.4 is 10.1 Å². The highest BCUT2D eigenvalue weighted by Gasteiger charge is 2.24. The van der Waals surface area contributed by atoms with Gasteiger partial charge in [0, 0.05) is 25.3 Å². The van der Waals surface area contributed by atoms with Crippen molar-refractivity contribution < 1.29 is 19.1 Å². The van der Waals surface area contributed by atoms with Crippen LogP contribution in [0.3, 0.4) is 0 Å². The first-order valence-electron chi connectivity index (χ1n) is 11.9. The highest BCUT2D eigenvalue weighted by molar-refractivity contribution is 5.95. The Balaban J connectivity index is 1.43. The lowest BCUT2D eigenvalue weighted by atomic mass is 10.1. The summed E-state index contributed by atoms with van der Waals surface area (Å²) in [5.74, 6) is 1.07. The van der Waals surface area contributed by atoms with Gasteiger partial charge in [-0.15, -0.1) is 0 Å². The Labute approximate surface area is 208 Å². The van der Waals surface area contributed by atoms with Crippen LogP contribution in [0.4, 0.5) is 5.82 Å². The molecule has 1 fully saturated rings. The van der Waals surface area contributed by atoms with E-state index in [-0.39, 0.29) is 17.6 Å². The van der Waals surface area contributed by atoms with E-state index in [1.165, 1.54) is 13.3 Å². The second-order valence-electron chi connectivity index (χ2n) is 8.87. The molecule has 9 heteroatoms. The fraction of sp³-hybridized carbons (Fsp3) is 0.296. The molecule has 36 heavy (non-hydrogen) atoms. The van der Waals surface area contributed by atoms with Crippen molar-refractivity contribution in [1.82, 2.24) is 19.5 Å². The maximum atomic E-state index is 12.0. The van der Waals surface area contributed by atoms with Crippen LogP contribution in [-0.2, 0) is 27.5 Å². The number of hydrogen-bond acceptors (Lipinski definition) is 7. The third kappa shape index (κ3) is 5.41. The van der Waals surface area contributed by atoms with Crippen molar-refractivity contribution in [2.45, 2.75) is 39.4 Å². The number of nitrogens with zero attached hydrogens (tertiary/aromatic N) is 4. The number of imidazole rings is 1. The molecule has 5 rings (SSSR count). The topological polar surface area (TPSA) is 108 Å². The molecular weight excluding hydrogens is 458 g/mol. The smallest absolute Gasteiger partial charge is 0.222 e. The summed E-state index contributed by atoms with van der Waals surface area (Å²) in [6.07, 6.45) is 5.52. The van der Waals surface area contributed by atoms with Gasteiger partial charge in [0.15, 0.2) is 17.0 Å².